The van der Waals surface area contributed by atoms with Gasteiger partial charge in [-0.3, -0.25) is 9.59 Å². The summed E-state index contributed by atoms with van der Waals surface area (Å²) in [6.07, 6.45) is 0. The highest BCUT2D eigenvalue weighted by Crippen LogP contribution is 2.18. The maximum atomic E-state index is 12.2. The molecule has 24 heavy (non-hydrogen) atoms. The van der Waals surface area contributed by atoms with Gasteiger partial charge in [-0.25, -0.2) is 0 Å². The molecule has 0 unspecified atom stereocenters. The Balaban J connectivity index is 1.84. The summed E-state index contributed by atoms with van der Waals surface area (Å²) in [6.45, 7) is 0.327. The van der Waals surface area contributed by atoms with Gasteiger partial charge < -0.3 is 20.5 Å². The van der Waals surface area contributed by atoms with Gasteiger partial charge in [-0.1, -0.05) is 23.7 Å². The second-order valence-corrected chi connectivity index (χ2v) is 5.25. The molecule has 2 aromatic carbocycles. The fraction of sp³-hybridized carbons (Fsp3) is 0.176. The van der Waals surface area contributed by atoms with E-state index in [1.165, 1.54) is 0 Å². The van der Waals surface area contributed by atoms with Gasteiger partial charge in [0.15, 0.2) is 6.61 Å². The average molecular weight is 349 g/mol. The Morgan fingerprint density at radius 3 is 2.46 bits per heavy atom. The van der Waals surface area contributed by atoms with Crippen LogP contribution in [0.3, 0.4) is 0 Å². The Hall–Kier alpha value is -2.73. The van der Waals surface area contributed by atoms with E-state index in [1.54, 1.807) is 48.5 Å². The number of carbonyl (C=O) groups excluding carboxylic acids is 2. The Morgan fingerprint density at radius 1 is 1.04 bits per heavy atom. The van der Waals surface area contributed by atoms with Crippen LogP contribution in [-0.4, -0.2) is 31.6 Å². The van der Waals surface area contributed by atoms with Crippen LogP contribution in [0.15, 0.2) is 48.5 Å². The minimum atomic E-state index is -0.610. The van der Waals surface area contributed by atoms with E-state index in [0.29, 0.717) is 35.2 Å². The molecule has 0 spiro atoms. The maximum absolute atomic E-state index is 12.2. The van der Waals surface area contributed by atoms with Crippen molar-refractivity contribution in [1.82, 2.24) is 5.32 Å². The fourth-order valence-electron chi connectivity index (χ4n) is 1.89. The number of nitrogens with one attached hydrogen (secondary N) is 1. The van der Waals surface area contributed by atoms with E-state index >= 15 is 0 Å². The first-order valence-corrected chi connectivity index (χ1v) is 7.61. The van der Waals surface area contributed by atoms with Crippen molar-refractivity contribution in [3.05, 3.63) is 59.1 Å². The van der Waals surface area contributed by atoms with E-state index < -0.39 is 5.91 Å². The van der Waals surface area contributed by atoms with Crippen LogP contribution in [0.2, 0.25) is 5.02 Å². The summed E-state index contributed by atoms with van der Waals surface area (Å²) in [7, 11) is 0. The van der Waals surface area contributed by atoms with Gasteiger partial charge >= 0.3 is 0 Å². The Bertz CT molecular complexity index is 704. The first kappa shape index (κ1) is 17.6. The molecule has 0 radical (unpaired) electrons. The minimum Gasteiger partial charge on any atom is -0.492 e. The third kappa shape index (κ3) is 5.48. The topological polar surface area (TPSA) is 90.7 Å². The van der Waals surface area contributed by atoms with Gasteiger partial charge in [-0.2, -0.15) is 0 Å². The number of ether oxygens (including phenoxy) is 2. The van der Waals surface area contributed by atoms with Crippen LogP contribution in [0.4, 0.5) is 0 Å². The molecule has 0 atom stereocenters. The second kappa shape index (κ2) is 8.79. The quantitative estimate of drug-likeness (QED) is 0.714. The molecule has 3 N–H and O–H groups in total. The second-order valence-electron chi connectivity index (χ2n) is 4.81. The summed E-state index contributed by atoms with van der Waals surface area (Å²) >= 11 is 5.79. The minimum absolute atomic E-state index is 0.288. The zero-order valence-electron chi connectivity index (χ0n) is 12.8. The van der Waals surface area contributed by atoms with Crippen molar-refractivity contribution >= 4 is 23.4 Å². The number of benzene rings is 2. The zero-order valence-corrected chi connectivity index (χ0v) is 13.6. The SMILES string of the molecule is NC(=O)COc1ccccc1C(=O)NCCOc1ccc(Cl)cc1. The molecule has 0 saturated heterocycles. The molecular weight excluding hydrogens is 332 g/mol. The fourth-order valence-corrected chi connectivity index (χ4v) is 2.01. The molecule has 7 heteroatoms. The number of amides is 2. The van der Waals surface area contributed by atoms with Gasteiger partial charge in [-0.05, 0) is 36.4 Å². The highest BCUT2D eigenvalue weighted by molar-refractivity contribution is 6.30. The first-order chi connectivity index (χ1) is 11.6. The molecule has 0 aliphatic rings. The molecule has 0 fully saturated rings. The van der Waals surface area contributed by atoms with Gasteiger partial charge in [0, 0.05) is 5.02 Å². The third-order valence-electron chi connectivity index (χ3n) is 2.97. The average Bonchev–Trinajstić information content (AvgIpc) is 2.58. The Morgan fingerprint density at radius 2 is 1.75 bits per heavy atom. The molecule has 0 aromatic heterocycles. The molecular formula is C17H17ClN2O4. The van der Waals surface area contributed by atoms with Crippen molar-refractivity contribution in [2.75, 3.05) is 19.8 Å². The normalized spacial score (nSPS) is 10.0. The van der Waals surface area contributed by atoms with E-state index in [4.69, 9.17) is 26.8 Å². The number of carbonyl (C=O) groups is 2. The number of halogens is 1. The molecule has 6 nitrogen and oxygen atoms in total. The van der Waals surface area contributed by atoms with Crippen molar-refractivity contribution in [2.45, 2.75) is 0 Å². The molecule has 0 heterocycles. The van der Waals surface area contributed by atoms with Crippen molar-refractivity contribution in [2.24, 2.45) is 5.73 Å². The molecule has 126 valence electrons. The van der Waals surface area contributed by atoms with Gasteiger partial charge in [0.1, 0.15) is 18.1 Å². The number of hydrogen-bond acceptors (Lipinski definition) is 4. The molecule has 0 bridgehead atoms. The van der Waals surface area contributed by atoms with Crippen molar-refractivity contribution < 1.29 is 19.1 Å². The van der Waals surface area contributed by atoms with E-state index in [-0.39, 0.29) is 12.5 Å². The van der Waals surface area contributed by atoms with Crippen LogP contribution >= 0.6 is 11.6 Å². The molecule has 2 rings (SSSR count). The van der Waals surface area contributed by atoms with Crippen LogP contribution in [0.1, 0.15) is 10.4 Å². The van der Waals surface area contributed by atoms with Gasteiger partial charge in [0.2, 0.25) is 0 Å². The molecule has 2 aromatic rings. The van der Waals surface area contributed by atoms with E-state index in [1.807, 2.05) is 0 Å². The summed E-state index contributed by atoms with van der Waals surface area (Å²) in [4.78, 5) is 23.0. The highest BCUT2D eigenvalue weighted by Gasteiger charge is 2.12. The lowest BCUT2D eigenvalue weighted by Gasteiger charge is -2.11. The molecule has 2 amide bonds. The maximum Gasteiger partial charge on any atom is 0.255 e. The lowest BCUT2D eigenvalue weighted by molar-refractivity contribution is -0.119. The largest absolute Gasteiger partial charge is 0.492 e. The van der Waals surface area contributed by atoms with Crippen LogP contribution in [0.25, 0.3) is 0 Å². The van der Waals surface area contributed by atoms with E-state index in [2.05, 4.69) is 5.32 Å². The van der Waals surface area contributed by atoms with Gasteiger partial charge in [0.25, 0.3) is 11.8 Å². The lowest BCUT2D eigenvalue weighted by atomic mass is 10.2. The summed E-state index contributed by atoms with van der Waals surface area (Å²) < 4.78 is 10.7. The van der Waals surface area contributed by atoms with Gasteiger partial charge in [0.05, 0.1) is 12.1 Å². The number of hydrogen-bond donors (Lipinski definition) is 2. The first-order valence-electron chi connectivity index (χ1n) is 7.23. The molecule has 0 saturated carbocycles. The van der Waals surface area contributed by atoms with Crippen LogP contribution < -0.4 is 20.5 Å². The van der Waals surface area contributed by atoms with E-state index in [9.17, 15) is 9.59 Å². The predicted molar refractivity (Wildman–Crippen MR) is 90.4 cm³/mol. The van der Waals surface area contributed by atoms with Crippen LogP contribution in [0, 0.1) is 0 Å². The zero-order chi connectivity index (χ0) is 17.4. The summed E-state index contributed by atoms with van der Waals surface area (Å²) in [5, 5.41) is 3.35. The van der Waals surface area contributed by atoms with Gasteiger partial charge in [-0.15, -0.1) is 0 Å². The number of rotatable bonds is 8. The molecule has 0 aliphatic heterocycles. The number of para-hydroxylation sites is 1. The van der Waals surface area contributed by atoms with Crippen molar-refractivity contribution in [3.63, 3.8) is 0 Å². The summed E-state index contributed by atoms with van der Waals surface area (Å²) in [5.41, 5.74) is 5.36. The Labute approximate surface area is 144 Å². The van der Waals surface area contributed by atoms with Crippen LogP contribution in [0.5, 0.6) is 11.5 Å². The molecule has 0 aliphatic carbocycles. The van der Waals surface area contributed by atoms with Crippen molar-refractivity contribution in [3.8, 4) is 11.5 Å². The van der Waals surface area contributed by atoms with E-state index in [0.717, 1.165) is 0 Å². The number of nitrogens with two attached hydrogens (primary N) is 1. The summed E-state index contributed by atoms with van der Waals surface area (Å²) in [6, 6.07) is 13.6. The third-order valence-corrected chi connectivity index (χ3v) is 3.22. The standard InChI is InChI=1S/C17H17ClN2O4/c18-12-5-7-13(8-6-12)23-10-9-20-17(22)14-3-1-2-4-15(14)24-11-16(19)21/h1-8H,9-11H2,(H2,19,21)(H,20,22). The predicted octanol–water partition coefficient (Wildman–Crippen LogP) is 2.01. The monoisotopic (exact) mass is 348 g/mol. The highest BCUT2D eigenvalue weighted by atomic mass is 35.5. The Kier molecular flexibility index (Phi) is 6.45. The smallest absolute Gasteiger partial charge is 0.255 e. The lowest BCUT2D eigenvalue weighted by Crippen LogP contribution is -2.29. The summed E-state index contributed by atoms with van der Waals surface area (Å²) in [5.74, 6) is 0.0302. The van der Waals surface area contributed by atoms with Crippen molar-refractivity contribution in [1.29, 1.82) is 0 Å². The van der Waals surface area contributed by atoms with Crippen LogP contribution in [-0.2, 0) is 4.79 Å². The number of primary amides is 1.